The van der Waals surface area contributed by atoms with Crippen molar-refractivity contribution in [2.45, 2.75) is 24.8 Å². The van der Waals surface area contributed by atoms with Crippen molar-refractivity contribution in [3.05, 3.63) is 60.1 Å². The number of carbonyl (C=O) groups is 1. The summed E-state index contributed by atoms with van der Waals surface area (Å²) < 4.78 is 5.25. The van der Waals surface area contributed by atoms with Gasteiger partial charge < -0.3 is 19.2 Å². The van der Waals surface area contributed by atoms with Crippen LogP contribution in [0.15, 0.2) is 58.1 Å². The molecule has 0 spiro atoms. The number of carboxylic acid groups (broad SMARTS) is 1. The molecular formula is C20H20N3O3S-. The van der Waals surface area contributed by atoms with Crippen molar-refractivity contribution in [1.29, 1.82) is 0 Å². The van der Waals surface area contributed by atoms with Crippen LogP contribution in [0.3, 0.4) is 0 Å². The number of benzene rings is 1. The van der Waals surface area contributed by atoms with E-state index < -0.39 is 5.97 Å². The molecule has 6 nitrogen and oxygen atoms in total. The molecule has 0 amide bonds. The lowest BCUT2D eigenvalue weighted by Gasteiger charge is -2.20. The number of thioether (sulfide) groups is 1. The summed E-state index contributed by atoms with van der Waals surface area (Å²) in [7, 11) is 0. The van der Waals surface area contributed by atoms with Crippen LogP contribution < -0.4 is 10.0 Å². The largest absolute Gasteiger partial charge is 0.542 e. The number of furan rings is 1. The summed E-state index contributed by atoms with van der Waals surface area (Å²) in [4.78, 5) is 22.3. The Morgan fingerprint density at radius 3 is 2.48 bits per heavy atom. The smallest absolute Gasteiger partial charge is 0.190 e. The number of hydrogen-bond acceptors (Lipinski definition) is 7. The van der Waals surface area contributed by atoms with E-state index in [1.165, 1.54) is 17.8 Å². The number of carbonyl (C=O) groups excluding carboxylic acids is 1. The van der Waals surface area contributed by atoms with Crippen LogP contribution in [0.4, 0.5) is 5.82 Å². The lowest BCUT2D eigenvalue weighted by Crippen LogP contribution is -2.23. The van der Waals surface area contributed by atoms with E-state index in [-0.39, 0.29) is 5.76 Å². The van der Waals surface area contributed by atoms with E-state index in [9.17, 15) is 9.90 Å². The second-order valence-corrected chi connectivity index (χ2v) is 6.72. The van der Waals surface area contributed by atoms with Gasteiger partial charge >= 0.3 is 0 Å². The van der Waals surface area contributed by atoms with Gasteiger partial charge in [0.1, 0.15) is 23.3 Å². The lowest BCUT2D eigenvalue weighted by atomic mass is 10.1. The van der Waals surface area contributed by atoms with Crippen molar-refractivity contribution in [1.82, 2.24) is 9.97 Å². The zero-order chi connectivity index (χ0) is 19.2. The highest BCUT2D eigenvalue weighted by Crippen LogP contribution is 2.27. The minimum Gasteiger partial charge on any atom is -0.542 e. The molecule has 2 heterocycles. The summed E-state index contributed by atoms with van der Waals surface area (Å²) in [6.07, 6.45) is 0. The summed E-state index contributed by atoms with van der Waals surface area (Å²) in [5.74, 6) is 0.345. The minimum absolute atomic E-state index is 0.173. The Hall–Kier alpha value is -2.80. The van der Waals surface area contributed by atoms with Crippen LogP contribution in [-0.2, 0) is 5.75 Å². The molecule has 7 heteroatoms. The van der Waals surface area contributed by atoms with Gasteiger partial charge in [0, 0.05) is 24.7 Å². The molecule has 0 aliphatic carbocycles. The van der Waals surface area contributed by atoms with Crippen molar-refractivity contribution in [2.24, 2.45) is 0 Å². The van der Waals surface area contributed by atoms with Crippen LogP contribution in [0, 0.1) is 0 Å². The number of carboxylic acids is 1. The third kappa shape index (κ3) is 4.68. The molecule has 0 radical (unpaired) electrons. The monoisotopic (exact) mass is 382 g/mol. The maximum atomic E-state index is 10.8. The molecule has 0 aliphatic heterocycles. The first-order valence-corrected chi connectivity index (χ1v) is 9.71. The summed E-state index contributed by atoms with van der Waals surface area (Å²) in [6, 6.07) is 15.0. The number of hydrogen-bond donors (Lipinski definition) is 0. The minimum atomic E-state index is -1.32. The van der Waals surface area contributed by atoms with Crippen molar-refractivity contribution in [2.75, 3.05) is 18.0 Å². The molecule has 0 unspecified atom stereocenters. The van der Waals surface area contributed by atoms with E-state index in [1.54, 1.807) is 6.07 Å². The fourth-order valence-electron chi connectivity index (χ4n) is 2.64. The average molecular weight is 382 g/mol. The van der Waals surface area contributed by atoms with Crippen molar-refractivity contribution in [3.63, 3.8) is 0 Å². The Labute approximate surface area is 162 Å². The molecular weight excluding hydrogens is 362 g/mol. The molecule has 0 saturated carbocycles. The second kappa shape index (κ2) is 8.73. The maximum Gasteiger partial charge on any atom is 0.190 e. The van der Waals surface area contributed by atoms with E-state index in [2.05, 4.69) is 28.7 Å². The van der Waals surface area contributed by atoms with Gasteiger partial charge in [0.15, 0.2) is 5.16 Å². The van der Waals surface area contributed by atoms with Crippen molar-refractivity contribution >= 4 is 23.5 Å². The number of aromatic carboxylic acids is 1. The average Bonchev–Trinajstić information content (AvgIpc) is 3.17. The van der Waals surface area contributed by atoms with E-state index in [0.29, 0.717) is 16.7 Å². The van der Waals surface area contributed by atoms with Crippen LogP contribution in [0.1, 0.15) is 30.2 Å². The summed E-state index contributed by atoms with van der Waals surface area (Å²) in [5.41, 5.74) is 1.87. The molecule has 0 aliphatic rings. The van der Waals surface area contributed by atoms with Gasteiger partial charge in [-0.2, -0.15) is 0 Å². The Kier molecular flexibility index (Phi) is 6.13. The highest BCUT2D eigenvalue weighted by molar-refractivity contribution is 7.98. The Morgan fingerprint density at radius 1 is 1.11 bits per heavy atom. The Bertz CT molecular complexity index is 908. The zero-order valence-electron chi connectivity index (χ0n) is 15.2. The van der Waals surface area contributed by atoms with Crippen LogP contribution in [0.25, 0.3) is 11.3 Å². The fourth-order valence-corrected chi connectivity index (χ4v) is 3.39. The molecule has 0 N–H and O–H groups in total. The number of rotatable bonds is 8. The predicted molar refractivity (Wildman–Crippen MR) is 104 cm³/mol. The molecule has 140 valence electrons. The van der Waals surface area contributed by atoms with Gasteiger partial charge in [0.25, 0.3) is 0 Å². The SMILES string of the molecule is CCN(CC)c1cc(-c2ccccc2)nc(SCc2ccc(C(=O)[O-])o2)n1. The van der Waals surface area contributed by atoms with Crippen LogP contribution in [0.5, 0.6) is 0 Å². The van der Waals surface area contributed by atoms with Gasteiger partial charge in [-0.05, 0) is 26.0 Å². The van der Waals surface area contributed by atoms with Crippen LogP contribution in [0.2, 0.25) is 0 Å². The Balaban J connectivity index is 1.88. The highest BCUT2D eigenvalue weighted by atomic mass is 32.2. The Morgan fingerprint density at radius 2 is 1.85 bits per heavy atom. The first kappa shape index (κ1) is 19.0. The van der Waals surface area contributed by atoms with Gasteiger partial charge in [0.05, 0.1) is 11.4 Å². The molecule has 0 fully saturated rings. The van der Waals surface area contributed by atoms with Gasteiger partial charge in [-0.1, -0.05) is 42.1 Å². The van der Waals surface area contributed by atoms with E-state index >= 15 is 0 Å². The number of anilines is 1. The summed E-state index contributed by atoms with van der Waals surface area (Å²) >= 11 is 1.40. The van der Waals surface area contributed by atoms with Crippen molar-refractivity contribution < 1.29 is 14.3 Å². The third-order valence-electron chi connectivity index (χ3n) is 4.06. The van der Waals surface area contributed by atoms with Crippen molar-refractivity contribution in [3.8, 4) is 11.3 Å². The van der Waals surface area contributed by atoms with Gasteiger partial charge in [-0.15, -0.1) is 0 Å². The standard InChI is InChI=1S/C20H21N3O3S/c1-3-23(4-2)18-12-16(14-8-6-5-7-9-14)21-20(22-18)27-13-15-10-11-17(26-15)19(24)25/h5-12H,3-4,13H2,1-2H3,(H,24,25)/p-1. The number of nitrogens with zero attached hydrogens (tertiary/aromatic N) is 3. The third-order valence-corrected chi connectivity index (χ3v) is 4.93. The quantitative estimate of drug-likeness (QED) is 0.437. The molecule has 0 atom stereocenters. The van der Waals surface area contributed by atoms with Gasteiger partial charge in [-0.3, -0.25) is 0 Å². The maximum absolute atomic E-state index is 10.8. The summed E-state index contributed by atoms with van der Waals surface area (Å²) in [6.45, 7) is 5.87. The van der Waals surface area contributed by atoms with Gasteiger partial charge in [0.2, 0.25) is 0 Å². The highest BCUT2D eigenvalue weighted by Gasteiger charge is 2.12. The lowest BCUT2D eigenvalue weighted by molar-refractivity contribution is -0.257. The molecule has 2 aromatic heterocycles. The van der Waals surface area contributed by atoms with E-state index in [1.807, 2.05) is 36.4 Å². The summed E-state index contributed by atoms with van der Waals surface area (Å²) in [5, 5.41) is 11.4. The molecule has 0 saturated heterocycles. The molecule has 27 heavy (non-hydrogen) atoms. The molecule has 3 aromatic rings. The molecule has 1 aromatic carbocycles. The normalized spacial score (nSPS) is 10.7. The van der Waals surface area contributed by atoms with Gasteiger partial charge in [-0.25, -0.2) is 9.97 Å². The first-order chi connectivity index (χ1) is 13.1. The first-order valence-electron chi connectivity index (χ1n) is 8.73. The van der Waals surface area contributed by atoms with E-state index in [0.717, 1.165) is 30.2 Å². The second-order valence-electron chi connectivity index (χ2n) is 5.77. The number of aromatic nitrogens is 2. The zero-order valence-corrected chi connectivity index (χ0v) is 16.0. The van der Waals surface area contributed by atoms with E-state index in [4.69, 9.17) is 4.42 Å². The predicted octanol–water partition coefficient (Wildman–Crippen LogP) is 3.24. The molecule has 3 rings (SSSR count). The topological polar surface area (TPSA) is 82.3 Å². The fraction of sp³-hybridized carbons (Fsp3) is 0.250. The molecule has 0 bridgehead atoms. The van der Waals surface area contributed by atoms with Crippen LogP contribution in [-0.4, -0.2) is 29.0 Å². The van der Waals surface area contributed by atoms with Crippen LogP contribution >= 0.6 is 11.8 Å².